The van der Waals surface area contributed by atoms with E-state index in [-0.39, 0.29) is 29.6 Å². The van der Waals surface area contributed by atoms with Crippen LogP contribution in [0.3, 0.4) is 0 Å². The summed E-state index contributed by atoms with van der Waals surface area (Å²) in [6.07, 6.45) is 2.24. The van der Waals surface area contributed by atoms with Gasteiger partial charge >= 0.3 is 0 Å². The fourth-order valence-corrected chi connectivity index (χ4v) is 2.22. The molecule has 1 fully saturated rings. The van der Waals surface area contributed by atoms with Crippen molar-refractivity contribution in [2.75, 3.05) is 7.11 Å². The van der Waals surface area contributed by atoms with E-state index in [0.29, 0.717) is 18.6 Å². The second kappa shape index (κ2) is 3.86. The van der Waals surface area contributed by atoms with E-state index in [4.69, 9.17) is 10.5 Å². The molecule has 2 amide bonds. The number of hydrogen-bond donors (Lipinski definition) is 1. The molecule has 6 heteroatoms. The monoisotopic (exact) mass is 247 g/mol. The molecule has 0 saturated heterocycles. The van der Waals surface area contributed by atoms with Crippen LogP contribution in [0.5, 0.6) is 0 Å². The molecule has 1 saturated carbocycles. The zero-order valence-electron chi connectivity index (χ0n) is 9.92. The first-order chi connectivity index (χ1) is 8.63. The average Bonchev–Trinajstić information content (AvgIpc) is 3.00. The number of carbonyl (C=O) groups excluding carboxylic acids is 2. The number of hydrogen-bond acceptors (Lipinski definition) is 5. The van der Waals surface area contributed by atoms with Crippen molar-refractivity contribution in [2.24, 2.45) is 5.73 Å². The summed E-state index contributed by atoms with van der Waals surface area (Å²) in [4.78, 5) is 29.5. The molecule has 1 aromatic rings. The Morgan fingerprint density at radius 1 is 1.50 bits per heavy atom. The van der Waals surface area contributed by atoms with Crippen molar-refractivity contribution < 1.29 is 14.3 Å². The van der Waals surface area contributed by atoms with Crippen LogP contribution < -0.4 is 5.73 Å². The van der Waals surface area contributed by atoms with Crippen molar-refractivity contribution in [1.29, 1.82) is 0 Å². The van der Waals surface area contributed by atoms with Gasteiger partial charge in [0.05, 0.1) is 18.2 Å². The maximum absolute atomic E-state index is 12.2. The van der Waals surface area contributed by atoms with E-state index in [1.165, 1.54) is 4.90 Å². The van der Waals surface area contributed by atoms with E-state index < -0.39 is 0 Å². The molecule has 1 aromatic heterocycles. The van der Waals surface area contributed by atoms with Crippen molar-refractivity contribution in [3.63, 3.8) is 0 Å². The number of amides is 2. The fraction of sp³-hybridized carbons (Fsp3) is 0.417. The summed E-state index contributed by atoms with van der Waals surface area (Å²) in [5.41, 5.74) is 7.05. The zero-order valence-corrected chi connectivity index (χ0v) is 9.92. The molecule has 0 spiro atoms. The molecule has 0 aromatic carbocycles. The number of imide groups is 1. The molecule has 2 heterocycles. The quantitative estimate of drug-likeness (QED) is 0.755. The van der Waals surface area contributed by atoms with Gasteiger partial charge in [-0.25, -0.2) is 4.98 Å². The van der Waals surface area contributed by atoms with E-state index in [2.05, 4.69) is 4.98 Å². The zero-order chi connectivity index (χ0) is 12.9. The molecular formula is C12H13N3O3. The summed E-state index contributed by atoms with van der Waals surface area (Å²) >= 11 is 0. The molecule has 18 heavy (non-hydrogen) atoms. The van der Waals surface area contributed by atoms with Crippen LogP contribution in [-0.4, -0.2) is 40.9 Å². The highest BCUT2D eigenvalue weighted by Gasteiger charge is 2.49. The lowest BCUT2D eigenvalue weighted by atomic mass is 10.1. The van der Waals surface area contributed by atoms with Crippen LogP contribution in [0.4, 0.5) is 0 Å². The first-order valence-electron chi connectivity index (χ1n) is 5.75. The summed E-state index contributed by atoms with van der Waals surface area (Å²) in [5, 5.41) is 0. The van der Waals surface area contributed by atoms with E-state index >= 15 is 0 Å². The van der Waals surface area contributed by atoms with Crippen LogP contribution in [-0.2, 0) is 11.3 Å². The van der Waals surface area contributed by atoms with Gasteiger partial charge < -0.3 is 10.5 Å². The third kappa shape index (κ3) is 1.53. The molecule has 2 aliphatic rings. The van der Waals surface area contributed by atoms with Crippen LogP contribution in [0.25, 0.3) is 0 Å². The summed E-state index contributed by atoms with van der Waals surface area (Å²) in [5.74, 6) is -0.629. The van der Waals surface area contributed by atoms with Crippen LogP contribution in [0, 0.1) is 0 Å². The molecule has 1 aliphatic heterocycles. The summed E-state index contributed by atoms with van der Waals surface area (Å²) < 4.78 is 4.98. The topological polar surface area (TPSA) is 85.5 Å². The van der Waals surface area contributed by atoms with Gasteiger partial charge in [0.2, 0.25) is 0 Å². The van der Waals surface area contributed by atoms with Crippen molar-refractivity contribution in [3.05, 3.63) is 29.1 Å². The van der Waals surface area contributed by atoms with Crippen molar-refractivity contribution in [1.82, 2.24) is 9.88 Å². The van der Waals surface area contributed by atoms with Crippen LogP contribution >= 0.6 is 0 Å². The molecule has 2 atom stereocenters. The molecule has 3 rings (SSSR count). The number of fused-ring (bicyclic) bond motifs is 1. The molecule has 6 nitrogen and oxygen atoms in total. The molecule has 94 valence electrons. The van der Waals surface area contributed by atoms with E-state index in [9.17, 15) is 9.59 Å². The number of carbonyl (C=O) groups is 2. The van der Waals surface area contributed by atoms with Gasteiger partial charge in [0.1, 0.15) is 5.69 Å². The number of nitrogens with two attached hydrogens (primary N) is 1. The maximum atomic E-state index is 12.2. The number of methoxy groups -OCH3 is 1. The number of aromatic nitrogens is 1. The SMILES string of the molecule is COCc1cnc2c(c1)C(=O)N(C1CC1N)C2=O. The Morgan fingerprint density at radius 3 is 2.83 bits per heavy atom. The first-order valence-corrected chi connectivity index (χ1v) is 5.75. The molecule has 2 N–H and O–H groups in total. The Labute approximate surface area is 104 Å². The van der Waals surface area contributed by atoms with Gasteiger partial charge in [-0.15, -0.1) is 0 Å². The van der Waals surface area contributed by atoms with Gasteiger partial charge in [0.15, 0.2) is 0 Å². The van der Waals surface area contributed by atoms with Gasteiger partial charge in [0, 0.05) is 19.3 Å². The fourth-order valence-electron chi connectivity index (χ4n) is 2.22. The summed E-state index contributed by atoms with van der Waals surface area (Å²) in [7, 11) is 1.57. The van der Waals surface area contributed by atoms with Gasteiger partial charge in [-0.2, -0.15) is 0 Å². The van der Waals surface area contributed by atoms with Gasteiger partial charge in [-0.3, -0.25) is 14.5 Å². The predicted octanol–water partition coefficient (Wildman–Crippen LogP) is -0.0764. The Bertz CT molecular complexity index is 543. The molecule has 2 unspecified atom stereocenters. The van der Waals surface area contributed by atoms with Gasteiger partial charge in [0.25, 0.3) is 11.8 Å². The Kier molecular flexibility index (Phi) is 2.42. The first kappa shape index (κ1) is 11.3. The summed E-state index contributed by atoms with van der Waals surface area (Å²) in [6.45, 7) is 0.366. The van der Waals surface area contributed by atoms with E-state index in [1.807, 2.05) is 0 Å². The highest BCUT2D eigenvalue weighted by Crippen LogP contribution is 2.33. The lowest BCUT2D eigenvalue weighted by molar-refractivity contribution is 0.0638. The third-order valence-electron chi connectivity index (χ3n) is 3.26. The largest absolute Gasteiger partial charge is 0.380 e. The van der Waals surface area contributed by atoms with Crippen LogP contribution in [0.15, 0.2) is 12.3 Å². The lowest BCUT2D eigenvalue weighted by Gasteiger charge is -2.11. The summed E-state index contributed by atoms with van der Waals surface area (Å²) in [6, 6.07) is 1.41. The molecule has 0 radical (unpaired) electrons. The second-order valence-corrected chi connectivity index (χ2v) is 4.62. The minimum absolute atomic E-state index is 0.0920. The maximum Gasteiger partial charge on any atom is 0.280 e. The molecule has 1 aliphatic carbocycles. The standard InChI is InChI=1S/C12H13N3O3/c1-18-5-6-2-7-10(14-4-6)12(17)15(11(7)16)9-3-8(9)13/h2,4,8-9H,3,5,13H2,1H3. The van der Waals surface area contributed by atoms with Crippen molar-refractivity contribution >= 4 is 11.8 Å². The smallest absolute Gasteiger partial charge is 0.280 e. The number of rotatable bonds is 3. The van der Waals surface area contributed by atoms with E-state index in [1.54, 1.807) is 19.4 Å². The van der Waals surface area contributed by atoms with Gasteiger partial charge in [-0.05, 0) is 18.1 Å². The predicted molar refractivity (Wildman–Crippen MR) is 61.8 cm³/mol. The van der Waals surface area contributed by atoms with Crippen molar-refractivity contribution in [3.8, 4) is 0 Å². The Hall–Kier alpha value is -1.79. The highest BCUT2D eigenvalue weighted by molar-refractivity contribution is 6.20. The minimum Gasteiger partial charge on any atom is -0.380 e. The normalized spacial score (nSPS) is 25.6. The second-order valence-electron chi connectivity index (χ2n) is 4.62. The van der Waals surface area contributed by atoms with Gasteiger partial charge in [-0.1, -0.05) is 0 Å². The van der Waals surface area contributed by atoms with Crippen LogP contribution in [0.1, 0.15) is 32.8 Å². The number of ether oxygens (including phenoxy) is 1. The van der Waals surface area contributed by atoms with E-state index in [0.717, 1.165) is 5.56 Å². The van der Waals surface area contributed by atoms with Crippen LogP contribution in [0.2, 0.25) is 0 Å². The molecular weight excluding hydrogens is 234 g/mol. The average molecular weight is 247 g/mol. The third-order valence-corrected chi connectivity index (χ3v) is 3.26. The number of pyridine rings is 1. The lowest BCUT2D eigenvalue weighted by Crippen LogP contribution is -2.35. The highest BCUT2D eigenvalue weighted by atomic mass is 16.5. The Balaban J connectivity index is 1.96. The van der Waals surface area contributed by atoms with Crippen molar-refractivity contribution in [2.45, 2.75) is 25.1 Å². The minimum atomic E-state index is -0.336. The Morgan fingerprint density at radius 2 is 2.22 bits per heavy atom. The number of nitrogens with zero attached hydrogens (tertiary/aromatic N) is 2. The molecule has 0 bridgehead atoms.